The molecule has 96 valence electrons. The van der Waals surface area contributed by atoms with Crippen LogP contribution in [-0.2, 0) is 13.2 Å². The van der Waals surface area contributed by atoms with Crippen LogP contribution < -0.4 is 5.32 Å². The van der Waals surface area contributed by atoms with Gasteiger partial charge in [0.15, 0.2) is 0 Å². The summed E-state index contributed by atoms with van der Waals surface area (Å²) in [6.07, 6.45) is 1.07. The molecule has 0 aliphatic heterocycles. The molecule has 1 aromatic carbocycles. The van der Waals surface area contributed by atoms with E-state index >= 15 is 0 Å². The summed E-state index contributed by atoms with van der Waals surface area (Å²) in [7, 11) is 0. The van der Waals surface area contributed by atoms with E-state index in [-0.39, 0.29) is 6.61 Å². The molecule has 0 aliphatic rings. The Morgan fingerprint density at radius 3 is 2.56 bits per heavy atom. The Labute approximate surface area is 112 Å². The number of hydrogen-bond donors (Lipinski definition) is 2. The highest BCUT2D eigenvalue weighted by Gasteiger charge is 2.10. The number of nitrogens with one attached hydrogen (secondary N) is 1. The smallest absolute Gasteiger partial charge is 0.0685 e. The minimum atomic E-state index is 0.105. The van der Waals surface area contributed by atoms with E-state index < -0.39 is 0 Å². The minimum absolute atomic E-state index is 0.105. The zero-order chi connectivity index (χ0) is 12.8. The van der Waals surface area contributed by atoms with Crippen LogP contribution in [-0.4, -0.2) is 5.11 Å². The number of benzene rings is 1. The Kier molecular flexibility index (Phi) is 4.93. The fraction of sp³-hybridized carbons (Fsp3) is 0.333. The molecule has 2 nitrogen and oxygen atoms in total. The lowest BCUT2D eigenvalue weighted by Crippen LogP contribution is -2.20. The second kappa shape index (κ2) is 6.69. The summed E-state index contributed by atoms with van der Waals surface area (Å²) < 4.78 is 0. The standard InChI is InChI=1S/C15H19NOS/c1-2-14(15-8-5-9-18-15)16-10-12-6-3-4-7-13(12)11-17/h3-9,14,16-17H,2,10-11H2,1H3. The van der Waals surface area contributed by atoms with Gasteiger partial charge in [0.2, 0.25) is 0 Å². The van der Waals surface area contributed by atoms with Gasteiger partial charge >= 0.3 is 0 Å². The van der Waals surface area contributed by atoms with E-state index in [1.54, 1.807) is 11.3 Å². The predicted octanol–water partition coefficient (Wildman–Crippen LogP) is 3.48. The van der Waals surface area contributed by atoms with Crippen LogP contribution in [0.15, 0.2) is 41.8 Å². The highest BCUT2D eigenvalue weighted by molar-refractivity contribution is 7.10. The van der Waals surface area contributed by atoms with Gasteiger partial charge in [-0.05, 0) is 29.0 Å². The van der Waals surface area contributed by atoms with Gasteiger partial charge in [-0.2, -0.15) is 0 Å². The molecule has 0 spiro atoms. The Bertz CT molecular complexity index is 467. The highest BCUT2D eigenvalue weighted by atomic mass is 32.1. The Hall–Kier alpha value is -1.16. The van der Waals surface area contributed by atoms with Crippen molar-refractivity contribution in [1.29, 1.82) is 0 Å². The molecule has 3 heteroatoms. The van der Waals surface area contributed by atoms with Crippen LogP contribution in [0.3, 0.4) is 0 Å². The van der Waals surface area contributed by atoms with E-state index in [4.69, 9.17) is 0 Å². The summed E-state index contributed by atoms with van der Waals surface area (Å²) in [4.78, 5) is 1.37. The molecule has 1 heterocycles. The van der Waals surface area contributed by atoms with Gasteiger partial charge in [-0.25, -0.2) is 0 Å². The van der Waals surface area contributed by atoms with Crippen molar-refractivity contribution in [2.75, 3.05) is 0 Å². The Morgan fingerprint density at radius 1 is 1.17 bits per heavy atom. The SMILES string of the molecule is CCC(NCc1ccccc1CO)c1cccs1. The molecule has 2 rings (SSSR count). The average molecular weight is 261 g/mol. The second-order valence-corrected chi connectivity index (χ2v) is 5.26. The monoisotopic (exact) mass is 261 g/mol. The normalized spacial score (nSPS) is 12.6. The first kappa shape index (κ1) is 13.3. The molecule has 0 fully saturated rings. The van der Waals surface area contributed by atoms with Gasteiger partial charge in [0, 0.05) is 17.5 Å². The van der Waals surface area contributed by atoms with Crippen LogP contribution in [0.4, 0.5) is 0 Å². The van der Waals surface area contributed by atoms with Gasteiger partial charge in [0.1, 0.15) is 0 Å². The van der Waals surface area contributed by atoms with Crippen molar-refractivity contribution in [1.82, 2.24) is 5.32 Å². The highest BCUT2D eigenvalue weighted by Crippen LogP contribution is 2.22. The molecular formula is C15H19NOS. The summed E-state index contributed by atoms with van der Waals surface area (Å²) in [5.41, 5.74) is 2.18. The first-order valence-corrected chi connectivity index (χ1v) is 7.17. The molecule has 0 saturated heterocycles. The number of thiophene rings is 1. The lowest BCUT2D eigenvalue weighted by Gasteiger charge is -2.16. The van der Waals surface area contributed by atoms with Gasteiger partial charge in [-0.15, -0.1) is 11.3 Å². The summed E-state index contributed by atoms with van der Waals surface area (Å²) in [5, 5.41) is 15.0. The van der Waals surface area contributed by atoms with Crippen LogP contribution in [0.25, 0.3) is 0 Å². The fourth-order valence-electron chi connectivity index (χ4n) is 2.05. The maximum absolute atomic E-state index is 9.30. The third kappa shape index (κ3) is 3.19. The minimum Gasteiger partial charge on any atom is -0.392 e. The van der Waals surface area contributed by atoms with Crippen molar-refractivity contribution in [2.45, 2.75) is 32.5 Å². The quantitative estimate of drug-likeness (QED) is 0.834. The molecule has 0 radical (unpaired) electrons. The van der Waals surface area contributed by atoms with Crippen LogP contribution in [0.1, 0.15) is 35.4 Å². The second-order valence-electron chi connectivity index (χ2n) is 4.28. The zero-order valence-corrected chi connectivity index (χ0v) is 11.4. The van der Waals surface area contributed by atoms with E-state index in [1.807, 2.05) is 18.2 Å². The fourth-order valence-corrected chi connectivity index (χ4v) is 2.94. The van der Waals surface area contributed by atoms with Gasteiger partial charge in [0.05, 0.1) is 6.61 Å². The van der Waals surface area contributed by atoms with Crippen LogP contribution in [0.2, 0.25) is 0 Å². The van der Waals surface area contributed by atoms with Crippen molar-refractivity contribution in [3.05, 3.63) is 57.8 Å². The van der Waals surface area contributed by atoms with Gasteiger partial charge in [-0.1, -0.05) is 37.3 Å². The molecule has 2 N–H and O–H groups in total. The molecule has 0 amide bonds. The first-order valence-electron chi connectivity index (χ1n) is 6.29. The maximum Gasteiger partial charge on any atom is 0.0685 e. The summed E-state index contributed by atoms with van der Waals surface area (Å²) in [6.45, 7) is 3.09. The lowest BCUT2D eigenvalue weighted by molar-refractivity contribution is 0.280. The summed E-state index contributed by atoms with van der Waals surface area (Å²) >= 11 is 1.79. The number of hydrogen-bond acceptors (Lipinski definition) is 3. The molecule has 0 bridgehead atoms. The van der Waals surface area contributed by atoms with E-state index in [0.29, 0.717) is 6.04 Å². The number of aliphatic hydroxyl groups excluding tert-OH is 1. The zero-order valence-electron chi connectivity index (χ0n) is 10.6. The Balaban J connectivity index is 2.02. The Morgan fingerprint density at radius 2 is 1.94 bits per heavy atom. The van der Waals surface area contributed by atoms with E-state index in [1.165, 1.54) is 10.4 Å². The molecular weight excluding hydrogens is 242 g/mol. The van der Waals surface area contributed by atoms with Crippen LogP contribution in [0.5, 0.6) is 0 Å². The first-order chi connectivity index (χ1) is 8.85. The summed E-state index contributed by atoms with van der Waals surface area (Å²) in [5.74, 6) is 0. The predicted molar refractivity (Wildman–Crippen MR) is 76.6 cm³/mol. The molecule has 0 saturated carbocycles. The van der Waals surface area contributed by atoms with E-state index in [2.05, 4.69) is 35.8 Å². The molecule has 1 unspecified atom stereocenters. The largest absolute Gasteiger partial charge is 0.392 e. The third-order valence-corrected chi connectivity index (χ3v) is 4.11. The third-order valence-electron chi connectivity index (χ3n) is 3.12. The molecule has 1 aromatic heterocycles. The van der Waals surface area contributed by atoms with Gasteiger partial charge in [0.25, 0.3) is 0 Å². The van der Waals surface area contributed by atoms with Crippen molar-refractivity contribution in [2.24, 2.45) is 0 Å². The van der Waals surface area contributed by atoms with Crippen LogP contribution in [0, 0.1) is 0 Å². The molecule has 1 atom stereocenters. The van der Waals surface area contributed by atoms with E-state index in [0.717, 1.165) is 18.5 Å². The van der Waals surface area contributed by atoms with Crippen molar-refractivity contribution >= 4 is 11.3 Å². The average Bonchev–Trinajstić information content (AvgIpc) is 2.94. The van der Waals surface area contributed by atoms with Crippen molar-refractivity contribution < 1.29 is 5.11 Å². The van der Waals surface area contributed by atoms with E-state index in [9.17, 15) is 5.11 Å². The topological polar surface area (TPSA) is 32.3 Å². The maximum atomic E-state index is 9.30. The molecule has 0 aliphatic carbocycles. The van der Waals surface area contributed by atoms with Crippen molar-refractivity contribution in [3.8, 4) is 0 Å². The number of rotatable bonds is 6. The molecule has 18 heavy (non-hydrogen) atoms. The van der Waals surface area contributed by atoms with Gasteiger partial charge in [-0.3, -0.25) is 0 Å². The van der Waals surface area contributed by atoms with Crippen molar-refractivity contribution in [3.63, 3.8) is 0 Å². The van der Waals surface area contributed by atoms with Gasteiger partial charge < -0.3 is 10.4 Å². The summed E-state index contributed by atoms with van der Waals surface area (Å²) in [6, 6.07) is 12.7. The lowest BCUT2D eigenvalue weighted by atomic mass is 10.1. The van der Waals surface area contributed by atoms with Crippen LogP contribution >= 0.6 is 11.3 Å². The number of aliphatic hydroxyl groups is 1. The molecule has 2 aromatic rings.